The number of fused-ring (bicyclic) bond motifs is 2. The number of para-hydroxylation sites is 1. The summed E-state index contributed by atoms with van der Waals surface area (Å²) in [5, 5.41) is 1.26. The van der Waals surface area contributed by atoms with Crippen molar-refractivity contribution >= 4 is 16.7 Å². The van der Waals surface area contributed by atoms with Gasteiger partial charge in [-0.3, -0.25) is 4.79 Å². The summed E-state index contributed by atoms with van der Waals surface area (Å²) in [6.07, 6.45) is 7.46. The summed E-state index contributed by atoms with van der Waals surface area (Å²) in [5.74, 6) is 1.09. The lowest BCUT2D eigenvalue weighted by molar-refractivity contribution is -0.137. The second-order valence-electron chi connectivity index (χ2n) is 5.43. The van der Waals surface area contributed by atoms with Crippen molar-refractivity contribution in [3.63, 3.8) is 0 Å². The molecule has 2 nitrogen and oxygen atoms in total. The summed E-state index contributed by atoms with van der Waals surface area (Å²) in [4.78, 5) is 12.2. The molecule has 2 aromatic rings. The predicted octanol–water partition coefficient (Wildman–Crippen LogP) is 3.27. The molecule has 0 bridgehead atoms. The molecule has 0 aliphatic heterocycles. The van der Waals surface area contributed by atoms with E-state index in [0.717, 1.165) is 6.42 Å². The van der Waals surface area contributed by atoms with Gasteiger partial charge in [0.2, 0.25) is 0 Å². The van der Waals surface area contributed by atoms with Crippen LogP contribution in [0.3, 0.4) is 0 Å². The molecular formula is C16H15NO. The molecule has 0 amide bonds. The second-order valence-corrected chi connectivity index (χ2v) is 5.43. The zero-order valence-electron chi connectivity index (χ0n) is 10.3. The monoisotopic (exact) mass is 237 g/mol. The van der Waals surface area contributed by atoms with Crippen LogP contribution in [-0.4, -0.2) is 10.4 Å². The van der Waals surface area contributed by atoms with Crippen LogP contribution in [0.1, 0.15) is 18.0 Å². The first-order valence-electron chi connectivity index (χ1n) is 6.54. The molecule has 0 saturated heterocycles. The highest BCUT2D eigenvalue weighted by Gasteiger charge is 2.50. The van der Waals surface area contributed by atoms with Gasteiger partial charge in [-0.2, -0.15) is 0 Å². The average molecular weight is 237 g/mol. The molecule has 90 valence electrons. The Balaban J connectivity index is 1.88. The zero-order chi connectivity index (χ0) is 12.3. The summed E-state index contributed by atoms with van der Waals surface area (Å²) in [7, 11) is 0. The highest BCUT2D eigenvalue weighted by molar-refractivity contribution is 5.95. The first kappa shape index (κ1) is 10.1. The van der Waals surface area contributed by atoms with E-state index in [2.05, 4.69) is 48.0 Å². The third-order valence-electron chi connectivity index (χ3n) is 4.47. The molecule has 1 saturated carbocycles. The molecular weight excluding hydrogens is 222 g/mol. The first-order chi connectivity index (χ1) is 8.77. The average Bonchev–Trinajstić information content (AvgIpc) is 2.94. The van der Waals surface area contributed by atoms with Gasteiger partial charge in [0, 0.05) is 28.9 Å². The Kier molecular flexibility index (Phi) is 1.88. The second kappa shape index (κ2) is 3.35. The van der Waals surface area contributed by atoms with E-state index in [1.165, 1.54) is 16.5 Å². The summed E-state index contributed by atoms with van der Waals surface area (Å²) >= 11 is 0. The summed E-state index contributed by atoms with van der Waals surface area (Å²) < 4.78 is 2.18. The maximum atomic E-state index is 12.2. The molecule has 4 rings (SSSR count). The lowest BCUT2D eigenvalue weighted by Gasteiger charge is -2.39. The molecule has 1 aromatic carbocycles. The van der Waals surface area contributed by atoms with Gasteiger partial charge in [0.25, 0.3) is 0 Å². The number of carbonyl (C=O) groups excluding carboxylic acids is 1. The Morgan fingerprint density at radius 2 is 2.11 bits per heavy atom. The fraction of sp³-hybridized carbons (Fsp3) is 0.312. The number of carbonyl (C=O) groups is 1. The Morgan fingerprint density at radius 3 is 3.00 bits per heavy atom. The van der Waals surface area contributed by atoms with Gasteiger partial charge in [-0.25, -0.2) is 0 Å². The van der Waals surface area contributed by atoms with Gasteiger partial charge in [0.15, 0.2) is 5.78 Å². The molecule has 1 unspecified atom stereocenters. The smallest absolute Gasteiger partial charge is 0.160 e. The molecule has 1 fully saturated rings. The van der Waals surface area contributed by atoms with E-state index in [4.69, 9.17) is 0 Å². The van der Waals surface area contributed by atoms with Gasteiger partial charge < -0.3 is 4.57 Å². The molecule has 2 aliphatic carbocycles. The number of aromatic nitrogens is 1. The van der Waals surface area contributed by atoms with Crippen molar-refractivity contribution in [2.45, 2.75) is 19.4 Å². The van der Waals surface area contributed by atoms with Crippen molar-refractivity contribution in [1.29, 1.82) is 0 Å². The number of nitrogens with zero attached hydrogens (tertiary/aromatic N) is 1. The number of ketones is 1. The highest BCUT2D eigenvalue weighted by atomic mass is 16.1. The van der Waals surface area contributed by atoms with Gasteiger partial charge in [-0.05, 0) is 25.0 Å². The Labute approximate surface area is 106 Å². The highest BCUT2D eigenvalue weighted by Crippen LogP contribution is 2.48. The van der Waals surface area contributed by atoms with E-state index >= 15 is 0 Å². The maximum absolute atomic E-state index is 12.2. The number of aryl methyl sites for hydroxylation is 1. The van der Waals surface area contributed by atoms with Gasteiger partial charge in [0.1, 0.15) is 0 Å². The van der Waals surface area contributed by atoms with E-state index in [0.29, 0.717) is 11.7 Å². The summed E-state index contributed by atoms with van der Waals surface area (Å²) in [5.41, 5.74) is 2.44. The molecule has 0 N–H and O–H groups in total. The Hall–Kier alpha value is -1.83. The first-order valence-corrected chi connectivity index (χ1v) is 6.54. The third kappa shape index (κ3) is 1.10. The molecule has 2 aliphatic rings. The molecule has 0 radical (unpaired) electrons. The van der Waals surface area contributed by atoms with Crippen LogP contribution in [0.5, 0.6) is 0 Å². The van der Waals surface area contributed by atoms with Crippen LogP contribution >= 0.6 is 0 Å². The number of Topliss-reactive ketones (excluding diaryl/α,β-unsaturated/α-hetero) is 1. The van der Waals surface area contributed by atoms with Crippen LogP contribution in [0.4, 0.5) is 0 Å². The lowest BCUT2D eigenvalue weighted by atomic mass is 9.70. The SMILES string of the molecule is Cc1cn(C2C(=O)[C@@H]3CC=C[C@H]23)c2ccccc12. The van der Waals surface area contributed by atoms with Crippen molar-refractivity contribution < 1.29 is 4.79 Å². The number of allylic oxidation sites excluding steroid dienone is 2. The molecule has 2 heteroatoms. The topological polar surface area (TPSA) is 22.0 Å². The summed E-state index contributed by atoms with van der Waals surface area (Å²) in [6.45, 7) is 2.12. The minimum Gasteiger partial charge on any atom is -0.336 e. The summed E-state index contributed by atoms with van der Waals surface area (Å²) in [6, 6.07) is 8.38. The fourth-order valence-corrected chi connectivity index (χ4v) is 3.53. The molecule has 1 heterocycles. The van der Waals surface area contributed by atoms with Crippen molar-refractivity contribution in [1.82, 2.24) is 4.57 Å². The van der Waals surface area contributed by atoms with E-state index in [1.54, 1.807) is 0 Å². The van der Waals surface area contributed by atoms with Crippen LogP contribution in [0.2, 0.25) is 0 Å². The van der Waals surface area contributed by atoms with Crippen molar-refractivity contribution in [2.75, 3.05) is 0 Å². The number of hydrogen-bond acceptors (Lipinski definition) is 1. The van der Waals surface area contributed by atoms with Crippen LogP contribution in [0.25, 0.3) is 10.9 Å². The fourth-order valence-electron chi connectivity index (χ4n) is 3.53. The standard InChI is InChI=1S/C16H15NO/c1-10-9-17(14-8-3-2-5-11(10)14)15-12-6-4-7-13(12)16(15)18/h2-6,8-9,12-13,15H,7H2,1H3/t12-,13+,15?/m0/s1. The molecule has 3 atom stereocenters. The minimum atomic E-state index is 0.0346. The molecule has 18 heavy (non-hydrogen) atoms. The minimum absolute atomic E-state index is 0.0346. The molecule has 1 aromatic heterocycles. The quantitative estimate of drug-likeness (QED) is 0.698. The van der Waals surface area contributed by atoms with Crippen molar-refractivity contribution in [3.05, 3.63) is 48.2 Å². The normalized spacial score (nSPS) is 29.6. The Morgan fingerprint density at radius 1 is 1.28 bits per heavy atom. The van der Waals surface area contributed by atoms with E-state index in [-0.39, 0.29) is 12.0 Å². The van der Waals surface area contributed by atoms with Crippen LogP contribution in [0.15, 0.2) is 42.6 Å². The number of hydrogen-bond donors (Lipinski definition) is 0. The number of rotatable bonds is 1. The van der Waals surface area contributed by atoms with Gasteiger partial charge in [-0.1, -0.05) is 30.4 Å². The van der Waals surface area contributed by atoms with E-state index in [9.17, 15) is 4.79 Å². The largest absolute Gasteiger partial charge is 0.336 e. The van der Waals surface area contributed by atoms with Crippen LogP contribution in [-0.2, 0) is 4.79 Å². The molecule has 0 spiro atoms. The van der Waals surface area contributed by atoms with Gasteiger partial charge >= 0.3 is 0 Å². The third-order valence-corrected chi connectivity index (χ3v) is 4.47. The van der Waals surface area contributed by atoms with Crippen molar-refractivity contribution in [2.24, 2.45) is 11.8 Å². The van der Waals surface area contributed by atoms with Gasteiger partial charge in [0.05, 0.1) is 6.04 Å². The van der Waals surface area contributed by atoms with Crippen LogP contribution < -0.4 is 0 Å². The van der Waals surface area contributed by atoms with E-state index in [1.807, 2.05) is 6.07 Å². The maximum Gasteiger partial charge on any atom is 0.160 e. The predicted molar refractivity (Wildman–Crippen MR) is 71.5 cm³/mol. The van der Waals surface area contributed by atoms with Gasteiger partial charge in [-0.15, -0.1) is 0 Å². The number of benzene rings is 1. The van der Waals surface area contributed by atoms with Crippen LogP contribution in [0, 0.1) is 18.8 Å². The lowest BCUT2D eigenvalue weighted by Crippen LogP contribution is -2.45. The zero-order valence-corrected chi connectivity index (χ0v) is 10.3. The Bertz CT molecular complexity index is 679. The van der Waals surface area contributed by atoms with Crippen molar-refractivity contribution in [3.8, 4) is 0 Å². The van der Waals surface area contributed by atoms with E-state index < -0.39 is 0 Å².